The molecule has 2 unspecified atom stereocenters. The summed E-state index contributed by atoms with van der Waals surface area (Å²) in [6, 6.07) is 0. The molecule has 0 radical (unpaired) electrons. The fourth-order valence-corrected chi connectivity index (χ4v) is 3.63. The van der Waals surface area contributed by atoms with E-state index < -0.39 is 10.2 Å². The molecule has 0 aromatic carbocycles. The zero-order valence-electron chi connectivity index (χ0n) is 12.1. The maximum absolute atomic E-state index is 12.0. The highest BCUT2D eigenvalue weighted by Gasteiger charge is 2.26. The number of unbranched alkanes of at least 4 members (excludes halogenated alkanes) is 1. The molecule has 0 saturated heterocycles. The number of nitrogens with one attached hydrogen (secondary N) is 1. The minimum atomic E-state index is -3.36. The van der Waals surface area contributed by atoms with E-state index in [0.717, 1.165) is 38.5 Å². The lowest BCUT2D eigenvalue weighted by Gasteiger charge is -2.30. The van der Waals surface area contributed by atoms with Gasteiger partial charge in [-0.25, -0.2) is 4.72 Å². The Balaban J connectivity index is 2.45. The SMILES string of the molecule is CCCCN(C)S(=O)(=O)NCC1CCCCC1CO. The predicted molar refractivity (Wildman–Crippen MR) is 77.0 cm³/mol. The quantitative estimate of drug-likeness (QED) is 0.709. The van der Waals surface area contributed by atoms with E-state index in [1.165, 1.54) is 4.31 Å². The molecule has 1 saturated carbocycles. The molecule has 1 aliphatic rings. The largest absolute Gasteiger partial charge is 0.396 e. The third kappa shape index (κ3) is 5.38. The van der Waals surface area contributed by atoms with E-state index in [2.05, 4.69) is 4.72 Å². The molecule has 114 valence electrons. The first-order valence-electron chi connectivity index (χ1n) is 7.33. The van der Waals surface area contributed by atoms with Crippen LogP contribution in [0.15, 0.2) is 0 Å². The third-order valence-electron chi connectivity index (χ3n) is 4.07. The van der Waals surface area contributed by atoms with Crippen LogP contribution in [0.3, 0.4) is 0 Å². The highest BCUT2D eigenvalue weighted by Crippen LogP contribution is 2.29. The molecular formula is C13H28N2O3S. The van der Waals surface area contributed by atoms with E-state index >= 15 is 0 Å². The van der Waals surface area contributed by atoms with Gasteiger partial charge in [0.15, 0.2) is 0 Å². The number of nitrogens with zero attached hydrogens (tertiary/aromatic N) is 1. The highest BCUT2D eigenvalue weighted by molar-refractivity contribution is 7.87. The average Bonchev–Trinajstić information content (AvgIpc) is 2.42. The molecule has 6 heteroatoms. The Morgan fingerprint density at radius 3 is 2.47 bits per heavy atom. The monoisotopic (exact) mass is 292 g/mol. The molecule has 1 aliphatic carbocycles. The van der Waals surface area contributed by atoms with Crippen molar-refractivity contribution >= 4 is 10.2 Å². The van der Waals surface area contributed by atoms with Gasteiger partial charge in [0.1, 0.15) is 0 Å². The first kappa shape index (κ1) is 16.9. The highest BCUT2D eigenvalue weighted by atomic mass is 32.2. The van der Waals surface area contributed by atoms with Gasteiger partial charge in [0.05, 0.1) is 0 Å². The van der Waals surface area contributed by atoms with Crippen LogP contribution in [0.4, 0.5) is 0 Å². The van der Waals surface area contributed by atoms with E-state index in [0.29, 0.717) is 13.1 Å². The van der Waals surface area contributed by atoms with E-state index in [1.807, 2.05) is 6.92 Å². The molecule has 2 N–H and O–H groups in total. The van der Waals surface area contributed by atoms with Crippen LogP contribution in [0, 0.1) is 11.8 Å². The lowest BCUT2D eigenvalue weighted by molar-refractivity contribution is 0.136. The lowest BCUT2D eigenvalue weighted by Crippen LogP contribution is -2.42. The number of rotatable bonds is 8. The normalized spacial score (nSPS) is 24.8. The molecule has 0 amide bonds. The van der Waals surface area contributed by atoms with Crippen LogP contribution in [0.25, 0.3) is 0 Å². The standard InChI is InChI=1S/C13H28N2O3S/c1-3-4-9-15(2)19(17,18)14-10-12-7-5-6-8-13(12)11-16/h12-14,16H,3-11H2,1-2H3. The Bertz CT molecular complexity index is 346. The fraction of sp³-hybridized carbons (Fsp3) is 1.00. The van der Waals surface area contributed by atoms with Crippen molar-refractivity contribution in [2.24, 2.45) is 11.8 Å². The molecule has 2 atom stereocenters. The summed E-state index contributed by atoms with van der Waals surface area (Å²) in [6.07, 6.45) is 6.15. The zero-order chi connectivity index (χ0) is 14.3. The summed E-state index contributed by atoms with van der Waals surface area (Å²) in [6.45, 7) is 3.21. The van der Waals surface area contributed by atoms with Crippen LogP contribution < -0.4 is 4.72 Å². The van der Waals surface area contributed by atoms with Crippen LogP contribution in [-0.2, 0) is 10.2 Å². The Morgan fingerprint density at radius 2 is 1.89 bits per heavy atom. The van der Waals surface area contributed by atoms with Crippen molar-refractivity contribution in [3.8, 4) is 0 Å². The smallest absolute Gasteiger partial charge is 0.279 e. The number of hydrogen-bond acceptors (Lipinski definition) is 3. The molecule has 0 bridgehead atoms. The maximum atomic E-state index is 12.0. The Labute approximate surface area is 117 Å². The van der Waals surface area contributed by atoms with Gasteiger partial charge in [0, 0.05) is 26.7 Å². The Hall–Kier alpha value is -0.170. The van der Waals surface area contributed by atoms with Gasteiger partial charge in [-0.2, -0.15) is 12.7 Å². The number of aliphatic hydroxyl groups is 1. The molecule has 1 fully saturated rings. The summed E-state index contributed by atoms with van der Waals surface area (Å²) < 4.78 is 28.1. The van der Waals surface area contributed by atoms with Gasteiger partial charge in [-0.3, -0.25) is 0 Å². The molecule has 0 aliphatic heterocycles. The van der Waals surface area contributed by atoms with E-state index in [-0.39, 0.29) is 18.4 Å². The van der Waals surface area contributed by atoms with Crippen molar-refractivity contribution < 1.29 is 13.5 Å². The third-order valence-corrected chi connectivity index (χ3v) is 5.60. The topological polar surface area (TPSA) is 69.6 Å². The Morgan fingerprint density at radius 1 is 1.26 bits per heavy atom. The van der Waals surface area contributed by atoms with E-state index in [1.54, 1.807) is 7.05 Å². The summed E-state index contributed by atoms with van der Waals surface area (Å²) in [7, 11) is -1.75. The molecule has 0 heterocycles. The second-order valence-electron chi connectivity index (χ2n) is 5.52. The van der Waals surface area contributed by atoms with Gasteiger partial charge in [0.2, 0.25) is 0 Å². The van der Waals surface area contributed by atoms with Crippen LogP contribution in [-0.4, -0.2) is 44.6 Å². The summed E-state index contributed by atoms with van der Waals surface area (Å²) in [5.74, 6) is 0.519. The zero-order valence-corrected chi connectivity index (χ0v) is 13.0. The maximum Gasteiger partial charge on any atom is 0.279 e. The molecule has 1 rings (SSSR count). The van der Waals surface area contributed by atoms with Crippen LogP contribution >= 0.6 is 0 Å². The van der Waals surface area contributed by atoms with E-state index in [4.69, 9.17) is 0 Å². The second kappa shape index (κ2) is 8.19. The van der Waals surface area contributed by atoms with E-state index in [9.17, 15) is 13.5 Å². The average molecular weight is 292 g/mol. The molecular weight excluding hydrogens is 264 g/mol. The van der Waals surface area contributed by atoms with Gasteiger partial charge >= 0.3 is 0 Å². The molecule has 0 spiro atoms. The summed E-state index contributed by atoms with van der Waals surface area (Å²) in [5.41, 5.74) is 0. The Kier molecular flexibility index (Phi) is 7.28. The van der Waals surface area contributed by atoms with Gasteiger partial charge < -0.3 is 5.11 Å². The van der Waals surface area contributed by atoms with Crippen molar-refractivity contribution in [3.05, 3.63) is 0 Å². The molecule has 0 aromatic rings. The van der Waals surface area contributed by atoms with Crippen molar-refractivity contribution in [1.29, 1.82) is 0 Å². The first-order chi connectivity index (χ1) is 9.01. The van der Waals surface area contributed by atoms with Crippen molar-refractivity contribution in [1.82, 2.24) is 9.03 Å². The summed E-state index contributed by atoms with van der Waals surface area (Å²) in [4.78, 5) is 0. The molecule has 0 aromatic heterocycles. The second-order valence-corrected chi connectivity index (χ2v) is 7.38. The molecule has 19 heavy (non-hydrogen) atoms. The van der Waals surface area contributed by atoms with Gasteiger partial charge in [0.25, 0.3) is 10.2 Å². The van der Waals surface area contributed by atoms with Gasteiger partial charge in [-0.05, 0) is 31.1 Å². The lowest BCUT2D eigenvalue weighted by atomic mass is 9.80. The number of hydrogen-bond donors (Lipinski definition) is 2. The predicted octanol–water partition coefficient (Wildman–Crippen LogP) is 1.35. The van der Waals surface area contributed by atoms with Gasteiger partial charge in [-0.15, -0.1) is 0 Å². The minimum Gasteiger partial charge on any atom is -0.396 e. The van der Waals surface area contributed by atoms with Crippen molar-refractivity contribution in [2.45, 2.75) is 45.4 Å². The van der Waals surface area contributed by atoms with Crippen LogP contribution in [0.2, 0.25) is 0 Å². The minimum absolute atomic E-state index is 0.165. The van der Waals surface area contributed by atoms with Crippen molar-refractivity contribution in [2.75, 3.05) is 26.7 Å². The van der Waals surface area contributed by atoms with Crippen molar-refractivity contribution in [3.63, 3.8) is 0 Å². The van der Waals surface area contributed by atoms with Gasteiger partial charge in [-0.1, -0.05) is 26.2 Å². The molecule has 5 nitrogen and oxygen atoms in total. The first-order valence-corrected chi connectivity index (χ1v) is 8.77. The summed E-state index contributed by atoms with van der Waals surface area (Å²) in [5, 5.41) is 9.33. The van der Waals surface area contributed by atoms with Crippen LogP contribution in [0.5, 0.6) is 0 Å². The number of aliphatic hydroxyl groups excluding tert-OH is 1. The van der Waals surface area contributed by atoms with Crippen LogP contribution in [0.1, 0.15) is 45.4 Å². The fourth-order valence-electron chi connectivity index (χ4n) is 2.62. The summed E-state index contributed by atoms with van der Waals surface area (Å²) >= 11 is 0.